The molecule has 4 nitrogen and oxygen atoms in total. The zero-order valence-electron chi connectivity index (χ0n) is 16.5. The second kappa shape index (κ2) is 8.17. The number of nitrogens with zero attached hydrogens (tertiary/aromatic N) is 3. The van der Waals surface area contributed by atoms with Crippen LogP contribution in [0.15, 0.2) is 35.5 Å². The van der Waals surface area contributed by atoms with Crippen LogP contribution in [0.2, 0.25) is 0 Å². The van der Waals surface area contributed by atoms with E-state index in [1.54, 1.807) is 6.20 Å². The molecule has 1 aromatic heterocycles. The van der Waals surface area contributed by atoms with Gasteiger partial charge in [-0.2, -0.15) is 5.10 Å². The van der Waals surface area contributed by atoms with E-state index in [1.807, 2.05) is 17.8 Å². The molecule has 0 amide bonds. The van der Waals surface area contributed by atoms with Gasteiger partial charge in [0.05, 0.1) is 0 Å². The summed E-state index contributed by atoms with van der Waals surface area (Å²) in [5, 5.41) is 11.1. The van der Waals surface area contributed by atoms with Crippen LogP contribution in [-0.2, 0) is 13.5 Å². The molecule has 0 radical (unpaired) electrons. The Hall–Kier alpha value is -2.63. The summed E-state index contributed by atoms with van der Waals surface area (Å²) < 4.78 is 31.1. The molecule has 1 N–H and O–H groups in total. The van der Waals surface area contributed by atoms with Crippen molar-refractivity contribution in [3.8, 4) is 0 Å². The highest BCUT2D eigenvalue weighted by molar-refractivity contribution is 5.83. The third kappa shape index (κ3) is 4.43. The van der Waals surface area contributed by atoms with Gasteiger partial charge in [-0.15, -0.1) is 0 Å². The average molecular weight is 384 g/mol. The van der Waals surface area contributed by atoms with Crippen molar-refractivity contribution in [1.82, 2.24) is 9.78 Å². The quantitative estimate of drug-likeness (QED) is 0.543. The third-order valence-electron chi connectivity index (χ3n) is 5.57. The summed E-state index contributed by atoms with van der Waals surface area (Å²) in [7, 11) is 1.93. The van der Waals surface area contributed by atoms with Gasteiger partial charge in [0.15, 0.2) is 0 Å². The summed E-state index contributed by atoms with van der Waals surface area (Å²) in [4.78, 5) is 3.58. The van der Waals surface area contributed by atoms with Gasteiger partial charge in [0.1, 0.15) is 18.0 Å². The number of aliphatic imine (C=N–C) groups is 1. The highest BCUT2D eigenvalue weighted by Crippen LogP contribution is 2.51. The standard InChI is InChI=1S/C22H26F2N4/c1-22(2)12-17(18(13-22)21-6-8-27-28(21)3)9-16-11-19(23)15(10-20(16)24)5-4-7-26-14-25/h4-8,10-11,14,17-18,25H,9,12-13H2,1-3H3/b5-4+,25-14?,26-7?. The van der Waals surface area contributed by atoms with Crippen molar-refractivity contribution in [2.75, 3.05) is 0 Å². The molecule has 1 saturated carbocycles. The van der Waals surface area contributed by atoms with E-state index in [-0.39, 0.29) is 22.8 Å². The van der Waals surface area contributed by atoms with Gasteiger partial charge in [0.2, 0.25) is 0 Å². The number of allylic oxidation sites excluding steroid dienone is 1. The fraction of sp³-hybridized carbons (Fsp3) is 0.409. The van der Waals surface area contributed by atoms with E-state index < -0.39 is 11.6 Å². The summed E-state index contributed by atoms with van der Waals surface area (Å²) in [5.74, 6) is -0.328. The van der Waals surface area contributed by atoms with Crippen LogP contribution in [0.5, 0.6) is 0 Å². The van der Waals surface area contributed by atoms with Crippen LogP contribution in [0, 0.1) is 28.4 Å². The van der Waals surface area contributed by atoms with E-state index in [0.29, 0.717) is 12.0 Å². The van der Waals surface area contributed by atoms with Crippen LogP contribution >= 0.6 is 0 Å². The van der Waals surface area contributed by atoms with Crippen molar-refractivity contribution in [3.05, 3.63) is 58.9 Å². The van der Waals surface area contributed by atoms with Crippen molar-refractivity contribution in [1.29, 1.82) is 5.41 Å². The summed E-state index contributed by atoms with van der Waals surface area (Å²) in [6.07, 6.45) is 9.44. The fourth-order valence-corrected chi connectivity index (χ4v) is 4.42. The van der Waals surface area contributed by atoms with Crippen LogP contribution in [0.25, 0.3) is 6.08 Å². The highest BCUT2D eigenvalue weighted by Gasteiger charge is 2.41. The minimum absolute atomic E-state index is 0.158. The zero-order valence-corrected chi connectivity index (χ0v) is 16.5. The number of halogens is 2. The summed E-state index contributed by atoms with van der Waals surface area (Å²) in [6.45, 7) is 4.47. The van der Waals surface area contributed by atoms with Gasteiger partial charge in [0, 0.05) is 36.6 Å². The van der Waals surface area contributed by atoms with Gasteiger partial charge in [0.25, 0.3) is 0 Å². The first kappa shape index (κ1) is 20.1. The van der Waals surface area contributed by atoms with E-state index in [0.717, 1.165) is 24.9 Å². The molecule has 2 unspecified atom stereocenters. The Bertz CT molecular complexity index is 911. The molecular weight excluding hydrogens is 358 g/mol. The molecule has 0 aliphatic heterocycles. The number of benzene rings is 1. The molecule has 6 heteroatoms. The van der Waals surface area contributed by atoms with E-state index in [1.165, 1.54) is 30.5 Å². The fourth-order valence-electron chi connectivity index (χ4n) is 4.42. The van der Waals surface area contributed by atoms with Gasteiger partial charge < -0.3 is 0 Å². The molecule has 0 spiro atoms. The predicted octanol–water partition coefficient (Wildman–Crippen LogP) is 5.15. The first-order valence-electron chi connectivity index (χ1n) is 9.45. The molecule has 0 bridgehead atoms. The van der Waals surface area contributed by atoms with Gasteiger partial charge in [-0.1, -0.05) is 19.9 Å². The topological polar surface area (TPSA) is 54.0 Å². The zero-order chi connectivity index (χ0) is 20.3. The second-order valence-electron chi connectivity index (χ2n) is 8.27. The molecule has 1 aliphatic rings. The SMILES string of the molecule is Cn1nccc1C1CC(C)(C)CC1Cc1cc(F)c(/C=C/C=NC=N)cc1F. The van der Waals surface area contributed by atoms with Gasteiger partial charge in [-0.05, 0) is 60.4 Å². The van der Waals surface area contributed by atoms with Crippen molar-refractivity contribution in [2.24, 2.45) is 23.4 Å². The molecule has 2 atom stereocenters. The molecular formula is C22H26F2N4. The van der Waals surface area contributed by atoms with Gasteiger partial charge in [-0.3, -0.25) is 10.1 Å². The first-order valence-corrected chi connectivity index (χ1v) is 9.45. The third-order valence-corrected chi connectivity index (χ3v) is 5.57. The predicted molar refractivity (Wildman–Crippen MR) is 109 cm³/mol. The average Bonchev–Trinajstić information content (AvgIpc) is 3.17. The first-order chi connectivity index (χ1) is 13.3. The van der Waals surface area contributed by atoms with Crippen LogP contribution < -0.4 is 0 Å². The molecule has 1 fully saturated rings. The van der Waals surface area contributed by atoms with Crippen LogP contribution in [0.3, 0.4) is 0 Å². The summed E-state index contributed by atoms with van der Waals surface area (Å²) in [6, 6.07) is 4.58. The summed E-state index contributed by atoms with van der Waals surface area (Å²) >= 11 is 0. The number of rotatable bonds is 6. The maximum atomic E-state index is 14.7. The molecule has 2 aromatic rings. The lowest BCUT2D eigenvalue weighted by molar-refractivity contribution is 0.358. The van der Waals surface area contributed by atoms with Crippen LogP contribution in [0.1, 0.15) is 49.4 Å². The lowest BCUT2D eigenvalue weighted by Gasteiger charge is -2.20. The molecule has 3 rings (SSSR count). The van der Waals surface area contributed by atoms with Crippen LogP contribution in [-0.4, -0.2) is 22.3 Å². The maximum Gasteiger partial charge on any atom is 0.130 e. The Morgan fingerprint density at radius 3 is 2.75 bits per heavy atom. The normalized spacial score (nSPS) is 21.8. The van der Waals surface area contributed by atoms with Crippen molar-refractivity contribution in [3.63, 3.8) is 0 Å². The summed E-state index contributed by atoms with van der Waals surface area (Å²) in [5.41, 5.74) is 1.90. The monoisotopic (exact) mass is 384 g/mol. The Kier molecular flexibility index (Phi) is 5.87. The lowest BCUT2D eigenvalue weighted by Crippen LogP contribution is -2.14. The van der Waals surface area contributed by atoms with E-state index in [9.17, 15) is 8.78 Å². The number of aromatic nitrogens is 2. The second-order valence-corrected chi connectivity index (χ2v) is 8.27. The van der Waals surface area contributed by atoms with Crippen molar-refractivity contribution in [2.45, 2.75) is 39.0 Å². The molecule has 1 aromatic carbocycles. The Balaban J connectivity index is 1.84. The number of nitrogens with one attached hydrogen (secondary N) is 1. The maximum absolute atomic E-state index is 14.7. The van der Waals surface area contributed by atoms with Crippen molar-refractivity contribution >= 4 is 18.6 Å². The minimum Gasteiger partial charge on any atom is -0.290 e. The van der Waals surface area contributed by atoms with Crippen LogP contribution in [0.4, 0.5) is 8.78 Å². The Labute approximate surface area is 164 Å². The number of hydrogen-bond acceptors (Lipinski definition) is 2. The number of hydrogen-bond donors (Lipinski definition) is 1. The van der Waals surface area contributed by atoms with Gasteiger partial charge >= 0.3 is 0 Å². The molecule has 28 heavy (non-hydrogen) atoms. The van der Waals surface area contributed by atoms with Gasteiger partial charge in [-0.25, -0.2) is 13.8 Å². The Morgan fingerprint density at radius 2 is 2.07 bits per heavy atom. The molecule has 148 valence electrons. The molecule has 1 aliphatic carbocycles. The molecule has 0 saturated heterocycles. The van der Waals surface area contributed by atoms with E-state index >= 15 is 0 Å². The lowest BCUT2D eigenvalue weighted by atomic mass is 9.87. The number of aryl methyl sites for hydroxylation is 1. The van der Waals surface area contributed by atoms with E-state index in [4.69, 9.17) is 5.41 Å². The van der Waals surface area contributed by atoms with E-state index in [2.05, 4.69) is 23.9 Å². The molecule has 1 heterocycles. The smallest absolute Gasteiger partial charge is 0.130 e. The minimum atomic E-state index is -0.453. The highest BCUT2D eigenvalue weighted by atomic mass is 19.1. The Morgan fingerprint density at radius 1 is 1.29 bits per heavy atom. The van der Waals surface area contributed by atoms with Crippen molar-refractivity contribution < 1.29 is 8.78 Å². The largest absolute Gasteiger partial charge is 0.290 e.